The summed E-state index contributed by atoms with van der Waals surface area (Å²) in [6, 6.07) is 17.5. The van der Waals surface area contributed by atoms with Gasteiger partial charge in [0.15, 0.2) is 0 Å². The van der Waals surface area contributed by atoms with Crippen molar-refractivity contribution in [3.05, 3.63) is 65.7 Å². The minimum absolute atomic E-state index is 0.0339. The zero-order valence-corrected chi connectivity index (χ0v) is 16.4. The van der Waals surface area contributed by atoms with Crippen LogP contribution < -0.4 is 5.32 Å². The van der Waals surface area contributed by atoms with Crippen molar-refractivity contribution in [2.24, 2.45) is 5.92 Å². The summed E-state index contributed by atoms with van der Waals surface area (Å²) in [4.78, 5) is 26.2. The number of nitrogens with zero attached hydrogens (tertiary/aromatic N) is 1. The molecular formula is C23H28N2O3. The molecule has 0 aromatic heterocycles. The summed E-state index contributed by atoms with van der Waals surface area (Å²) in [5, 5.41) is 2.87. The number of carbonyl (C=O) groups excluding carboxylic acids is 2. The zero-order valence-electron chi connectivity index (χ0n) is 16.4. The predicted octanol–water partition coefficient (Wildman–Crippen LogP) is 3.76. The van der Waals surface area contributed by atoms with Gasteiger partial charge < -0.3 is 15.0 Å². The third kappa shape index (κ3) is 5.92. The number of benzene rings is 2. The number of rotatable bonds is 7. The lowest BCUT2D eigenvalue weighted by Gasteiger charge is -2.31. The molecule has 1 N–H and O–H groups in total. The van der Waals surface area contributed by atoms with Crippen molar-refractivity contribution < 1.29 is 14.3 Å². The summed E-state index contributed by atoms with van der Waals surface area (Å²) in [5.41, 5.74) is 2.46. The van der Waals surface area contributed by atoms with Gasteiger partial charge in [-0.2, -0.15) is 0 Å². The van der Waals surface area contributed by atoms with Crippen LogP contribution in [-0.4, -0.2) is 43.5 Å². The normalized spacial score (nSPS) is 15.2. The molecule has 1 saturated heterocycles. The summed E-state index contributed by atoms with van der Waals surface area (Å²) in [6.07, 6.45) is 3.95. The van der Waals surface area contributed by atoms with Gasteiger partial charge in [0.2, 0.25) is 5.91 Å². The molecule has 1 heterocycles. The zero-order chi connectivity index (χ0) is 19.8. The van der Waals surface area contributed by atoms with Crippen molar-refractivity contribution in [1.82, 2.24) is 4.90 Å². The van der Waals surface area contributed by atoms with Gasteiger partial charge in [0, 0.05) is 18.7 Å². The number of carbonyl (C=O) groups is 2. The molecule has 2 aromatic rings. The maximum absolute atomic E-state index is 12.3. The SMILES string of the molecule is COC(=O)c1cccc(NC(=O)CCN2CCC(Cc3ccccc3)CC2)c1. The molecule has 1 amide bonds. The van der Waals surface area contributed by atoms with Crippen LogP contribution in [0.3, 0.4) is 0 Å². The number of amides is 1. The third-order valence-corrected chi connectivity index (χ3v) is 5.30. The summed E-state index contributed by atoms with van der Waals surface area (Å²) in [6.45, 7) is 2.85. The van der Waals surface area contributed by atoms with E-state index in [2.05, 4.69) is 40.5 Å². The van der Waals surface area contributed by atoms with Gasteiger partial charge in [-0.1, -0.05) is 36.4 Å². The van der Waals surface area contributed by atoms with E-state index >= 15 is 0 Å². The summed E-state index contributed by atoms with van der Waals surface area (Å²) in [7, 11) is 1.34. The van der Waals surface area contributed by atoms with Gasteiger partial charge in [-0.05, 0) is 62.0 Å². The molecule has 0 bridgehead atoms. The second-order valence-corrected chi connectivity index (χ2v) is 7.35. The molecular weight excluding hydrogens is 352 g/mol. The molecule has 2 aromatic carbocycles. The number of piperidine rings is 1. The van der Waals surface area contributed by atoms with Crippen LogP contribution >= 0.6 is 0 Å². The van der Waals surface area contributed by atoms with E-state index < -0.39 is 5.97 Å². The summed E-state index contributed by atoms with van der Waals surface area (Å²) >= 11 is 0. The highest BCUT2D eigenvalue weighted by atomic mass is 16.5. The number of hydrogen-bond acceptors (Lipinski definition) is 4. The van der Waals surface area contributed by atoms with E-state index in [9.17, 15) is 9.59 Å². The van der Waals surface area contributed by atoms with Gasteiger partial charge in [-0.3, -0.25) is 4.79 Å². The number of likely N-dealkylation sites (tertiary alicyclic amines) is 1. The maximum atomic E-state index is 12.3. The fraction of sp³-hybridized carbons (Fsp3) is 0.391. The average Bonchev–Trinajstić information content (AvgIpc) is 2.73. The first-order valence-electron chi connectivity index (χ1n) is 9.88. The number of methoxy groups -OCH3 is 1. The second kappa shape index (κ2) is 10.0. The van der Waals surface area contributed by atoms with Crippen LogP contribution in [0.1, 0.15) is 35.2 Å². The molecule has 0 spiro atoms. The van der Waals surface area contributed by atoms with Crippen LogP contribution in [0.15, 0.2) is 54.6 Å². The molecule has 28 heavy (non-hydrogen) atoms. The van der Waals surface area contributed by atoms with E-state index in [-0.39, 0.29) is 5.91 Å². The Hall–Kier alpha value is -2.66. The lowest BCUT2D eigenvalue weighted by Crippen LogP contribution is -2.36. The van der Waals surface area contributed by atoms with Crippen molar-refractivity contribution in [3.63, 3.8) is 0 Å². The lowest BCUT2D eigenvalue weighted by molar-refractivity contribution is -0.116. The van der Waals surface area contributed by atoms with E-state index in [1.54, 1.807) is 24.3 Å². The standard InChI is InChI=1S/C23H28N2O3/c1-28-23(27)20-8-5-9-21(17-20)24-22(26)12-15-25-13-10-19(11-14-25)16-18-6-3-2-4-7-18/h2-9,17,19H,10-16H2,1H3,(H,24,26). The largest absolute Gasteiger partial charge is 0.465 e. The molecule has 1 aliphatic rings. The number of hydrogen-bond donors (Lipinski definition) is 1. The van der Waals surface area contributed by atoms with Crippen LogP contribution in [0.2, 0.25) is 0 Å². The predicted molar refractivity (Wildman–Crippen MR) is 110 cm³/mol. The highest BCUT2D eigenvalue weighted by molar-refractivity contribution is 5.94. The van der Waals surface area contributed by atoms with Crippen LogP contribution in [-0.2, 0) is 16.0 Å². The van der Waals surface area contributed by atoms with Gasteiger partial charge in [-0.25, -0.2) is 4.79 Å². The summed E-state index contributed by atoms with van der Waals surface area (Å²) in [5.74, 6) is 0.288. The number of nitrogens with one attached hydrogen (secondary N) is 1. The smallest absolute Gasteiger partial charge is 0.337 e. The Kier molecular flexibility index (Phi) is 7.20. The molecule has 5 nitrogen and oxygen atoms in total. The molecule has 148 valence electrons. The Morgan fingerprint density at radius 2 is 1.82 bits per heavy atom. The van der Waals surface area contributed by atoms with Crippen molar-refractivity contribution in [2.75, 3.05) is 32.1 Å². The Bertz CT molecular complexity index is 783. The van der Waals surface area contributed by atoms with Crippen LogP contribution in [0.4, 0.5) is 5.69 Å². The Morgan fingerprint density at radius 3 is 2.54 bits per heavy atom. The average molecular weight is 380 g/mol. The van der Waals surface area contributed by atoms with E-state index in [1.807, 2.05) is 0 Å². The van der Waals surface area contributed by atoms with Crippen molar-refractivity contribution >= 4 is 17.6 Å². The molecule has 1 fully saturated rings. The molecule has 0 atom stereocenters. The van der Waals surface area contributed by atoms with E-state index in [0.717, 1.165) is 32.0 Å². The fourth-order valence-corrected chi connectivity index (χ4v) is 3.69. The Morgan fingerprint density at radius 1 is 1.07 bits per heavy atom. The van der Waals surface area contributed by atoms with Gasteiger partial charge in [0.1, 0.15) is 0 Å². The van der Waals surface area contributed by atoms with Crippen molar-refractivity contribution in [1.29, 1.82) is 0 Å². The molecule has 0 saturated carbocycles. The van der Waals surface area contributed by atoms with E-state index in [1.165, 1.54) is 25.5 Å². The monoisotopic (exact) mass is 380 g/mol. The Balaban J connectivity index is 1.39. The van der Waals surface area contributed by atoms with Crippen LogP contribution in [0.5, 0.6) is 0 Å². The molecule has 3 rings (SSSR count). The van der Waals surface area contributed by atoms with Crippen molar-refractivity contribution in [2.45, 2.75) is 25.7 Å². The minimum atomic E-state index is -0.408. The molecule has 0 radical (unpaired) electrons. The minimum Gasteiger partial charge on any atom is -0.465 e. The highest BCUT2D eigenvalue weighted by Crippen LogP contribution is 2.21. The van der Waals surface area contributed by atoms with Crippen molar-refractivity contribution in [3.8, 4) is 0 Å². The van der Waals surface area contributed by atoms with Gasteiger partial charge >= 0.3 is 5.97 Å². The third-order valence-electron chi connectivity index (χ3n) is 5.30. The highest BCUT2D eigenvalue weighted by Gasteiger charge is 2.20. The number of ether oxygens (including phenoxy) is 1. The fourth-order valence-electron chi connectivity index (χ4n) is 3.69. The number of anilines is 1. The molecule has 0 unspecified atom stereocenters. The van der Waals surface area contributed by atoms with Crippen LogP contribution in [0.25, 0.3) is 0 Å². The molecule has 1 aliphatic heterocycles. The first-order valence-corrected chi connectivity index (χ1v) is 9.88. The second-order valence-electron chi connectivity index (χ2n) is 7.35. The molecule has 5 heteroatoms. The van der Waals surface area contributed by atoms with Crippen LogP contribution in [0, 0.1) is 5.92 Å². The van der Waals surface area contributed by atoms with Gasteiger partial charge in [0.25, 0.3) is 0 Å². The maximum Gasteiger partial charge on any atom is 0.337 e. The topological polar surface area (TPSA) is 58.6 Å². The van der Waals surface area contributed by atoms with Gasteiger partial charge in [0.05, 0.1) is 12.7 Å². The summed E-state index contributed by atoms with van der Waals surface area (Å²) < 4.78 is 4.71. The molecule has 0 aliphatic carbocycles. The van der Waals surface area contributed by atoms with E-state index in [4.69, 9.17) is 4.74 Å². The van der Waals surface area contributed by atoms with E-state index in [0.29, 0.717) is 17.7 Å². The Labute approximate surface area is 166 Å². The van der Waals surface area contributed by atoms with Gasteiger partial charge in [-0.15, -0.1) is 0 Å². The lowest BCUT2D eigenvalue weighted by atomic mass is 9.90. The number of esters is 1. The first kappa shape index (κ1) is 20.1. The quantitative estimate of drug-likeness (QED) is 0.743. The first-order chi connectivity index (χ1) is 13.6.